The zero-order chi connectivity index (χ0) is 8.57. The van der Waals surface area contributed by atoms with Crippen molar-refractivity contribution in [3.8, 4) is 0 Å². The van der Waals surface area contributed by atoms with Gasteiger partial charge in [0.1, 0.15) is 0 Å². The fourth-order valence-electron chi connectivity index (χ4n) is 0. The van der Waals surface area contributed by atoms with Crippen LogP contribution in [0.4, 0.5) is 0 Å². The number of hydrogen-bond donors (Lipinski definition) is 2. The van der Waals surface area contributed by atoms with Crippen LogP contribution in [0.25, 0.3) is 0 Å². The van der Waals surface area contributed by atoms with Crippen molar-refractivity contribution in [1.82, 2.24) is 0 Å². The van der Waals surface area contributed by atoms with Crippen molar-refractivity contribution in [1.29, 1.82) is 0 Å². The van der Waals surface area contributed by atoms with E-state index in [1.54, 1.807) is 0 Å². The first kappa shape index (κ1) is 17.2. The normalized spacial score (nSPS) is 5.82. The van der Waals surface area contributed by atoms with Crippen molar-refractivity contribution in [3.05, 3.63) is 25.3 Å². The van der Waals surface area contributed by atoms with Crippen LogP contribution in [0.2, 0.25) is 0 Å². The van der Waals surface area contributed by atoms with Crippen LogP contribution >= 0.6 is 0 Å². The van der Waals surface area contributed by atoms with Crippen molar-refractivity contribution in [2.45, 2.75) is 0 Å². The van der Waals surface area contributed by atoms with Crippen molar-refractivity contribution in [2.24, 2.45) is 0 Å². The average Bonchev–Trinajstić information content (AvgIpc) is 1.89. The summed E-state index contributed by atoms with van der Waals surface area (Å²) in [5, 5.41) is 15.2. The Labute approximate surface area is 109 Å². The van der Waals surface area contributed by atoms with Crippen molar-refractivity contribution in [2.75, 3.05) is 0 Å². The van der Waals surface area contributed by atoms with Crippen LogP contribution in [-0.4, -0.2) is 22.2 Å². The molecule has 0 unspecified atom stereocenters. The molecular formula is C6H9KO4. The van der Waals surface area contributed by atoms with E-state index in [2.05, 4.69) is 13.2 Å². The Morgan fingerprint density at radius 3 is 1.18 bits per heavy atom. The average molecular weight is 184 g/mol. The molecule has 0 spiro atoms. The van der Waals surface area contributed by atoms with Gasteiger partial charge in [-0.1, -0.05) is 13.2 Å². The molecule has 4 nitrogen and oxygen atoms in total. The molecule has 2 N–H and O–H groups in total. The second-order valence-electron chi connectivity index (χ2n) is 1.08. The Bertz CT molecular complexity index is 140. The maximum Gasteiger partial charge on any atom is 1.00 e. The van der Waals surface area contributed by atoms with Crippen LogP contribution in [0.15, 0.2) is 25.3 Å². The molecule has 0 amide bonds. The van der Waals surface area contributed by atoms with Gasteiger partial charge in [-0.05, 0) is 0 Å². The van der Waals surface area contributed by atoms with E-state index in [0.29, 0.717) is 0 Å². The van der Waals surface area contributed by atoms with Gasteiger partial charge in [0.25, 0.3) is 0 Å². The molecule has 0 heterocycles. The molecule has 0 saturated heterocycles. The van der Waals surface area contributed by atoms with Crippen LogP contribution in [0, 0.1) is 0 Å². The standard InChI is InChI=1S/2C3H4O2.K.H/c2*1-2-3(4)5;;/h2*2H,1H2,(H,4,5);;/q;;+1;-1. The number of carbonyl (C=O) groups is 2. The topological polar surface area (TPSA) is 74.6 Å². The molecule has 0 rings (SSSR count). The molecule has 5 heteroatoms. The summed E-state index contributed by atoms with van der Waals surface area (Å²) >= 11 is 0. The fraction of sp³-hybridized carbons (Fsp3) is 0. The van der Waals surface area contributed by atoms with Gasteiger partial charge in [0.05, 0.1) is 0 Å². The number of hydrogen-bond acceptors (Lipinski definition) is 2. The van der Waals surface area contributed by atoms with Crippen LogP contribution in [0.5, 0.6) is 0 Å². The van der Waals surface area contributed by atoms with Crippen molar-refractivity contribution in [3.63, 3.8) is 0 Å². The molecule has 0 bridgehead atoms. The van der Waals surface area contributed by atoms with Gasteiger partial charge in [-0.2, -0.15) is 0 Å². The summed E-state index contributed by atoms with van der Waals surface area (Å²) < 4.78 is 0. The maximum atomic E-state index is 9.25. The third kappa shape index (κ3) is 39.7. The van der Waals surface area contributed by atoms with Gasteiger partial charge in [0.2, 0.25) is 0 Å². The van der Waals surface area contributed by atoms with Gasteiger partial charge in [-0.25, -0.2) is 9.59 Å². The van der Waals surface area contributed by atoms with E-state index in [4.69, 9.17) is 10.2 Å². The molecule has 0 aromatic rings. The smallest absolute Gasteiger partial charge is 1.00 e. The Balaban J connectivity index is -0.0000000457. The van der Waals surface area contributed by atoms with Gasteiger partial charge >= 0.3 is 63.3 Å². The van der Waals surface area contributed by atoms with Gasteiger partial charge in [-0.3, -0.25) is 0 Å². The van der Waals surface area contributed by atoms with Gasteiger partial charge < -0.3 is 11.6 Å². The number of carboxylic acids is 2. The Morgan fingerprint density at radius 1 is 1.09 bits per heavy atom. The molecule has 0 radical (unpaired) electrons. The summed E-state index contributed by atoms with van der Waals surface area (Å²) in [6.45, 7) is 5.92. The monoisotopic (exact) mass is 184 g/mol. The molecule has 0 aromatic carbocycles. The van der Waals surface area contributed by atoms with E-state index < -0.39 is 11.9 Å². The first-order valence-corrected chi connectivity index (χ1v) is 2.25. The summed E-state index contributed by atoms with van der Waals surface area (Å²) in [4.78, 5) is 18.5. The van der Waals surface area contributed by atoms with Crippen LogP contribution < -0.4 is 51.4 Å². The minimum absolute atomic E-state index is 0. The van der Waals surface area contributed by atoms with E-state index in [9.17, 15) is 9.59 Å². The molecule has 0 fully saturated rings. The first-order chi connectivity index (χ1) is 4.54. The van der Waals surface area contributed by atoms with Crippen LogP contribution in [0.1, 0.15) is 1.43 Å². The Kier molecular flexibility index (Phi) is 19.9. The second-order valence-corrected chi connectivity index (χ2v) is 1.08. The summed E-state index contributed by atoms with van der Waals surface area (Å²) in [5.41, 5.74) is 0. The van der Waals surface area contributed by atoms with Crippen molar-refractivity contribution >= 4 is 11.9 Å². The summed E-state index contributed by atoms with van der Waals surface area (Å²) in [6.07, 6.45) is 1.67. The largest absolute Gasteiger partial charge is 1.00 e. The fourth-order valence-corrected chi connectivity index (χ4v) is 0. The minimum atomic E-state index is -0.981. The van der Waals surface area contributed by atoms with E-state index in [1.807, 2.05) is 0 Å². The zero-order valence-corrected chi connectivity index (χ0v) is 9.40. The number of aliphatic carboxylic acids is 2. The third-order valence-electron chi connectivity index (χ3n) is 0.349. The maximum absolute atomic E-state index is 9.25. The number of rotatable bonds is 2. The van der Waals surface area contributed by atoms with Gasteiger partial charge in [0, 0.05) is 12.2 Å². The quantitative estimate of drug-likeness (QED) is 0.371. The Morgan fingerprint density at radius 2 is 1.18 bits per heavy atom. The Hall–Kier alpha value is 0.0564. The zero-order valence-electron chi connectivity index (χ0n) is 7.28. The van der Waals surface area contributed by atoms with Crippen LogP contribution in [-0.2, 0) is 9.59 Å². The molecule has 11 heavy (non-hydrogen) atoms. The molecule has 0 saturated carbocycles. The summed E-state index contributed by atoms with van der Waals surface area (Å²) in [5.74, 6) is -1.96. The SMILES string of the molecule is C=CC(=O)O.C=CC(=O)O.[H-].[K+]. The minimum Gasteiger partial charge on any atom is -1.00 e. The molecule has 58 valence electrons. The summed E-state index contributed by atoms with van der Waals surface area (Å²) in [6, 6.07) is 0. The van der Waals surface area contributed by atoms with E-state index in [-0.39, 0.29) is 52.8 Å². The predicted molar refractivity (Wildman–Crippen MR) is 36.8 cm³/mol. The first-order valence-electron chi connectivity index (χ1n) is 2.25. The molecular weight excluding hydrogens is 175 g/mol. The predicted octanol–water partition coefficient (Wildman–Crippen LogP) is -2.37. The van der Waals surface area contributed by atoms with Crippen LogP contribution in [0.3, 0.4) is 0 Å². The second kappa shape index (κ2) is 12.7. The van der Waals surface area contributed by atoms with E-state index >= 15 is 0 Å². The van der Waals surface area contributed by atoms with Crippen molar-refractivity contribution < 1.29 is 72.6 Å². The number of carboxylic acid groups (broad SMARTS) is 2. The molecule has 0 aliphatic heterocycles. The molecule has 0 aliphatic rings. The van der Waals surface area contributed by atoms with E-state index in [0.717, 1.165) is 12.2 Å². The van der Waals surface area contributed by atoms with Gasteiger partial charge in [0.15, 0.2) is 0 Å². The molecule has 0 aliphatic carbocycles. The third-order valence-corrected chi connectivity index (χ3v) is 0.349. The van der Waals surface area contributed by atoms with E-state index in [1.165, 1.54) is 0 Å². The summed E-state index contributed by atoms with van der Waals surface area (Å²) in [7, 11) is 0. The molecule has 0 aromatic heterocycles. The molecule has 0 atom stereocenters. The van der Waals surface area contributed by atoms with Gasteiger partial charge in [-0.15, -0.1) is 0 Å².